The average Bonchev–Trinajstić information content (AvgIpc) is 2.50. The molecule has 2 rings (SSSR count). The molecule has 0 aromatic heterocycles. The van der Waals surface area contributed by atoms with Crippen molar-refractivity contribution in [2.45, 2.75) is 19.4 Å². The molecule has 0 radical (unpaired) electrons. The second-order valence-electron chi connectivity index (χ2n) is 4.85. The van der Waals surface area contributed by atoms with Crippen LogP contribution in [0, 0.1) is 0 Å². The number of rotatable bonds is 3. The molecule has 20 heavy (non-hydrogen) atoms. The maximum Gasteiger partial charge on any atom is 0.226 e. The number of hydrogen-bond donors (Lipinski definition) is 1. The fourth-order valence-corrected chi connectivity index (χ4v) is 2.02. The van der Waals surface area contributed by atoms with Gasteiger partial charge in [0.05, 0.1) is 17.1 Å². The van der Waals surface area contributed by atoms with E-state index in [0.717, 1.165) is 6.41 Å². The molecule has 1 aromatic carbocycles. The van der Waals surface area contributed by atoms with Crippen LogP contribution >= 0.6 is 0 Å². The maximum atomic E-state index is 11.8. The van der Waals surface area contributed by atoms with Crippen LogP contribution in [0.15, 0.2) is 28.5 Å². The van der Waals surface area contributed by atoms with Crippen molar-refractivity contribution in [1.29, 1.82) is 0 Å². The fourth-order valence-electron chi connectivity index (χ4n) is 2.02. The highest BCUT2D eigenvalue weighted by Gasteiger charge is 2.24. The van der Waals surface area contributed by atoms with Crippen LogP contribution in [0.25, 0.3) is 0 Å². The van der Waals surface area contributed by atoms with Crippen molar-refractivity contribution in [3.63, 3.8) is 0 Å². The third-order valence-electron chi connectivity index (χ3n) is 2.94. The van der Waals surface area contributed by atoms with Crippen molar-refractivity contribution in [3.05, 3.63) is 18.2 Å². The van der Waals surface area contributed by atoms with Gasteiger partial charge in [-0.15, -0.1) is 5.11 Å². The largest absolute Gasteiger partial charge is 0.324 e. The third-order valence-corrected chi connectivity index (χ3v) is 2.94. The zero-order chi connectivity index (χ0) is 14.7. The van der Waals surface area contributed by atoms with Gasteiger partial charge in [-0.2, -0.15) is 0 Å². The van der Waals surface area contributed by atoms with Gasteiger partial charge in [-0.1, -0.05) is 5.22 Å². The number of amides is 2. The molecule has 0 saturated carbocycles. The van der Waals surface area contributed by atoms with E-state index in [4.69, 9.17) is 0 Å². The van der Waals surface area contributed by atoms with E-state index in [2.05, 4.69) is 15.7 Å². The van der Waals surface area contributed by atoms with E-state index in [9.17, 15) is 9.59 Å². The second kappa shape index (κ2) is 5.68. The van der Waals surface area contributed by atoms with Crippen LogP contribution in [0.1, 0.15) is 13.3 Å². The summed E-state index contributed by atoms with van der Waals surface area (Å²) in [6.45, 7) is 1.84. The number of nitrogens with zero attached hydrogens (tertiary/aromatic N) is 4. The Kier molecular flexibility index (Phi) is 3.97. The Balaban J connectivity index is 2.41. The van der Waals surface area contributed by atoms with Gasteiger partial charge < -0.3 is 10.2 Å². The predicted octanol–water partition coefficient (Wildman–Crippen LogP) is 1.94. The summed E-state index contributed by atoms with van der Waals surface area (Å²) in [6, 6.07) is 5.04. The summed E-state index contributed by atoms with van der Waals surface area (Å²) in [4.78, 5) is 24.6. The van der Waals surface area contributed by atoms with Crippen LogP contribution in [0.2, 0.25) is 0 Å². The van der Waals surface area contributed by atoms with E-state index in [0.29, 0.717) is 17.1 Å². The molecule has 1 atom stereocenters. The Bertz CT molecular complexity index is 556. The number of nitrogens with one attached hydrogen (secondary N) is 1. The molecule has 1 N–H and O–H groups in total. The lowest BCUT2D eigenvalue weighted by atomic mass is 10.2. The molecule has 0 aliphatic carbocycles. The number of benzene rings is 1. The van der Waals surface area contributed by atoms with Gasteiger partial charge >= 0.3 is 0 Å². The number of hydrogen-bond acceptors (Lipinski definition) is 4. The summed E-state index contributed by atoms with van der Waals surface area (Å²) in [5.41, 5.74) is 1.85. The van der Waals surface area contributed by atoms with Gasteiger partial charge in [0.2, 0.25) is 12.3 Å². The quantitative estimate of drug-likeness (QED) is 0.520. The first-order valence-corrected chi connectivity index (χ1v) is 6.28. The maximum absolute atomic E-state index is 11.8. The molecular formula is C13H17N5O2. The first kappa shape index (κ1) is 14.0. The number of carbonyl (C=O) groups excluding carboxylic acids is 2. The first-order chi connectivity index (χ1) is 9.51. The summed E-state index contributed by atoms with van der Waals surface area (Å²) < 4.78 is 0. The smallest absolute Gasteiger partial charge is 0.226 e. The molecule has 1 aliphatic rings. The second-order valence-corrected chi connectivity index (χ2v) is 4.85. The predicted molar refractivity (Wildman–Crippen MR) is 75.9 cm³/mol. The average molecular weight is 275 g/mol. The summed E-state index contributed by atoms with van der Waals surface area (Å²) >= 11 is 0. The van der Waals surface area contributed by atoms with Gasteiger partial charge in [-0.25, -0.2) is 0 Å². The van der Waals surface area contributed by atoms with Crippen LogP contribution < -0.4 is 10.2 Å². The Morgan fingerprint density at radius 3 is 2.85 bits per heavy atom. The number of anilines is 2. The molecule has 0 saturated heterocycles. The molecule has 2 amide bonds. The van der Waals surface area contributed by atoms with Crippen LogP contribution in [0.3, 0.4) is 0 Å². The van der Waals surface area contributed by atoms with Gasteiger partial charge in [0.25, 0.3) is 0 Å². The van der Waals surface area contributed by atoms with E-state index in [1.54, 1.807) is 42.2 Å². The third kappa shape index (κ3) is 2.93. The summed E-state index contributed by atoms with van der Waals surface area (Å²) in [5.74, 6) is -0.121. The lowest BCUT2D eigenvalue weighted by Crippen LogP contribution is -2.32. The highest BCUT2D eigenvalue weighted by Crippen LogP contribution is 2.33. The van der Waals surface area contributed by atoms with E-state index >= 15 is 0 Å². The Morgan fingerprint density at radius 1 is 1.45 bits per heavy atom. The van der Waals surface area contributed by atoms with Crippen LogP contribution in [-0.4, -0.2) is 37.5 Å². The van der Waals surface area contributed by atoms with Crippen molar-refractivity contribution >= 4 is 29.4 Å². The number of carbonyl (C=O) groups is 2. The van der Waals surface area contributed by atoms with Crippen LogP contribution in [0.5, 0.6) is 0 Å². The lowest BCUT2D eigenvalue weighted by molar-refractivity contribution is -0.116. The lowest BCUT2D eigenvalue weighted by Gasteiger charge is -2.22. The Morgan fingerprint density at radius 2 is 2.20 bits per heavy atom. The van der Waals surface area contributed by atoms with E-state index in [1.165, 1.54) is 0 Å². The van der Waals surface area contributed by atoms with Crippen molar-refractivity contribution in [3.8, 4) is 0 Å². The molecular weight excluding hydrogens is 258 g/mol. The summed E-state index contributed by atoms with van der Waals surface area (Å²) in [7, 11) is 3.54. The summed E-state index contributed by atoms with van der Waals surface area (Å²) in [5, 5.41) is 12.3. The Labute approximate surface area is 117 Å². The molecule has 0 fully saturated rings. The van der Waals surface area contributed by atoms with Crippen LogP contribution in [-0.2, 0) is 9.59 Å². The minimum absolute atomic E-state index is 0.121. The van der Waals surface area contributed by atoms with Crippen molar-refractivity contribution in [1.82, 2.24) is 5.01 Å². The zero-order valence-corrected chi connectivity index (χ0v) is 11.7. The number of fused-ring (bicyclic) bond motifs is 1. The van der Waals surface area contributed by atoms with Gasteiger partial charge in [-0.3, -0.25) is 14.6 Å². The van der Waals surface area contributed by atoms with Crippen molar-refractivity contribution in [2.24, 2.45) is 10.3 Å². The SMILES string of the molecule is C[C@@H]1CC(=O)Nc2cc(N=NN(C)C)ccc2N1C=O. The minimum Gasteiger partial charge on any atom is -0.324 e. The minimum atomic E-state index is -0.178. The molecule has 0 spiro atoms. The molecule has 0 bridgehead atoms. The van der Waals surface area contributed by atoms with Gasteiger partial charge in [0.1, 0.15) is 0 Å². The molecule has 7 heteroatoms. The van der Waals surface area contributed by atoms with Crippen molar-refractivity contribution < 1.29 is 9.59 Å². The first-order valence-electron chi connectivity index (χ1n) is 6.28. The van der Waals surface area contributed by atoms with Gasteiger partial charge in [0, 0.05) is 26.6 Å². The van der Waals surface area contributed by atoms with Gasteiger partial charge in [0.15, 0.2) is 0 Å². The molecule has 106 valence electrons. The summed E-state index contributed by atoms with van der Waals surface area (Å²) in [6.07, 6.45) is 1.01. The Hall–Kier alpha value is -2.44. The topological polar surface area (TPSA) is 77.4 Å². The van der Waals surface area contributed by atoms with Crippen LogP contribution in [0.4, 0.5) is 17.1 Å². The van der Waals surface area contributed by atoms with Gasteiger partial charge in [-0.05, 0) is 25.1 Å². The van der Waals surface area contributed by atoms with E-state index < -0.39 is 0 Å². The molecule has 0 unspecified atom stereocenters. The fraction of sp³-hybridized carbons (Fsp3) is 0.385. The highest BCUT2D eigenvalue weighted by molar-refractivity contribution is 6.00. The molecule has 7 nitrogen and oxygen atoms in total. The standard InChI is InChI=1S/C13H17N5O2/c1-9-6-13(20)14-11-7-10(15-16-17(2)3)4-5-12(11)18(9)8-19/h4-5,7-9H,6H2,1-3H3,(H,14,20)/t9-/m1/s1. The molecule has 1 aromatic rings. The monoisotopic (exact) mass is 275 g/mol. The normalized spacial score (nSPS) is 18.4. The van der Waals surface area contributed by atoms with E-state index in [1.807, 2.05) is 6.92 Å². The molecule has 1 heterocycles. The zero-order valence-electron chi connectivity index (χ0n) is 11.7. The highest BCUT2D eigenvalue weighted by atomic mass is 16.2. The van der Waals surface area contributed by atoms with E-state index in [-0.39, 0.29) is 18.4 Å². The molecule has 1 aliphatic heterocycles. The van der Waals surface area contributed by atoms with Crippen molar-refractivity contribution in [2.75, 3.05) is 24.3 Å².